The van der Waals surface area contributed by atoms with Crippen molar-refractivity contribution in [3.05, 3.63) is 0 Å². The van der Waals surface area contributed by atoms with E-state index in [1.54, 1.807) is 0 Å². The minimum Gasteiger partial charge on any atom is -0.317 e. The van der Waals surface area contributed by atoms with Gasteiger partial charge in [-0.25, -0.2) is 5.48 Å². The summed E-state index contributed by atoms with van der Waals surface area (Å²) < 4.78 is 0. The Hall–Kier alpha value is -0.0800. The van der Waals surface area contributed by atoms with Gasteiger partial charge in [0.1, 0.15) is 0 Å². The fraction of sp³-hybridized carbons (Fsp3) is 1.00. The highest BCUT2D eigenvalue weighted by molar-refractivity contribution is 4.65. The lowest BCUT2D eigenvalue weighted by Gasteiger charge is -2.20. The smallest absolute Gasteiger partial charge is 0.0210 e. The maximum Gasteiger partial charge on any atom is 0.0210 e. The van der Waals surface area contributed by atoms with Gasteiger partial charge in [-0.3, -0.25) is 0 Å². The van der Waals surface area contributed by atoms with Gasteiger partial charge in [-0.05, 0) is 12.3 Å². The topological polar surface area (TPSA) is 32.3 Å². The predicted octanol–water partition coefficient (Wildman–Crippen LogP) is 1.94. The average molecular weight is 143 g/mol. The molecule has 0 heterocycles. The van der Waals surface area contributed by atoms with Crippen molar-refractivity contribution in [3.63, 3.8) is 0 Å². The fourth-order valence-electron chi connectivity index (χ4n) is 1.74. The van der Waals surface area contributed by atoms with Crippen LogP contribution in [0.3, 0.4) is 0 Å². The molecule has 0 aromatic carbocycles. The van der Waals surface area contributed by atoms with Crippen LogP contribution in [0.2, 0.25) is 0 Å². The van der Waals surface area contributed by atoms with E-state index in [0.29, 0.717) is 0 Å². The normalized spacial score (nSPS) is 21.3. The SMILES string of the molecule is ONCCC1CCCCC1. The number of hydrogen-bond acceptors (Lipinski definition) is 2. The average Bonchev–Trinajstić information content (AvgIpc) is 2.03. The minimum atomic E-state index is 0.769. The largest absolute Gasteiger partial charge is 0.317 e. The predicted molar refractivity (Wildman–Crippen MR) is 41.0 cm³/mol. The van der Waals surface area contributed by atoms with Crippen LogP contribution in [-0.4, -0.2) is 11.8 Å². The third-order valence-electron chi connectivity index (χ3n) is 2.39. The molecule has 0 radical (unpaired) electrons. The Balaban J connectivity index is 2.02. The molecule has 0 aliphatic heterocycles. The summed E-state index contributed by atoms with van der Waals surface area (Å²) in [4.78, 5) is 0. The van der Waals surface area contributed by atoms with Crippen LogP contribution in [0.15, 0.2) is 0 Å². The first-order valence-corrected chi connectivity index (χ1v) is 4.30. The van der Waals surface area contributed by atoms with Gasteiger partial charge in [-0.1, -0.05) is 32.1 Å². The van der Waals surface area contributed by atoms with Crippen molar-refractivity contribution in [1.29, 1.82) is 0 Å². The van der Waals surface area contributed by atoms with Crippen LogP contribution in [0.5, 0.6) is 0 Å². The first-order valence-electron chi connectivity index (χ1n) is 4.30. The zero-order valence-electron chi connectivity index (χ0n) is 6.47. The second kappa shape index (κ2) is 4.69. The summed E-state index contributed by atoms with van der Waals surface area (Å²) in [7, 11) is 0. The molecule has 0 saturated heterocycles. The van der Waals surface area contributed by atoms with E-state index in [1.165, 1.54) is 32.1 Å². The van der Waals surface area contributed by atoms with Gasteiger partial charge >= 0.3 is 0 Å². The molecule has 2 N–H and O–H groups in total. The third kappa shape index (κ3) is 2.67. The van der Waals surface area contributed by atoms with Crippen molar-refractivity contribution in [2.24, 2.45) is 5.92 Å². The van der Waals surface area contributed by atoms with Crippen molar-refractivity contribution in [2.75, 3.05) is 6.54 Å². The Morgan fingerprint density at radius 1 is 1.20 bits per heavy atom. The molecule has 0 bridgehead atoms. The Labute approximate surface area is 62.6 Å². The molecule has 0 aromatic rings. The second-order valence-corrected chi connectivity index (χ2v) is 3.20. The summed E-state index contributed by atoms with van der Waals surface area (Å²) >= 11 is 0. The van der Waals surface area contributed by atoms with Crippen molar-refractivity contribution in [1.82, 2.24) is 5.48 Å². The summed E-state index contributed by atoms with van der Waals surface area (Å²) in [6, 6.07) is 0. The molecule has 0 aromatic heterocycles. The van der Waals surface area contributed by atoms with Gasteiger partial charge in [0.25, 0.3) is 0 Å². The van der Waals surface area contributed by atoms with Crippen molar-refractivity contribution in [3.8, 4) is 0 Å². The number of nitrogens with one attached hydrogen (secondary N) is 1. The van der Waals surface area contributed by atoms with Gasteiger partial charge in [0.05, 0.1) is 0 Å². The van der Waals surface area contributed by atoms with Gasteiger partial charge in [-0.2, -0.15) is 0 Å². The lowest BCUT2D eigenvalue weighted by atomic mass is 9.87. The molecule has 0 atom stereocenters. The summed E-state index contributed by atoms with van der Waals surface area (Å²) in [5.41, 5.74) is 2.21. The molecule has 0 spiro atoms. The van der Waals surface area contributed by atoms with Crippen molar-refractivity contribution >= 4 is 0 Å². The van der Waals surface area contributed by atoms with Crippen LogP contribution in [0.1, 0.15) is 38.5 Å². The standard InChI is InChI=1S/C8H17NO/c10-9-7-6-8-4-2-1-3-5-8/h8-10H,1-7H2. The Morgan fingerprint density at radius 2 is 1.90 bits per heavy atom. The molecule has 0 amide bonds. The zero-order valence-corrected chi connectivity index (χ0v) is 6.47. The van der Waals surface area contributed by atoms with E-state index in [-0.39, 0.29) is 0 Å². The second-order valence-electron chi connectivity index (χ2n) is 3.20. The molecule has 60 valence electrons. The molecule has 10 heavy (non-hydrogen) atoms. The Bertz CT molecular complexity index is 79.3. The van der Waals surface area contributed by atoms with E-state index in [2.05, 4.69) is 5.48 Å². The number of hydroxylamine groups is 1. The fourth-order valence-corrected chi connectivity index (χ4v) is 1.74. The first-order chi connectivity index (χ1) is 4.93. The lowest BCUT2D eigenvalue weighted by Crippen LogP contribution is -2.15. The highest BCUT2D eigenvalue weighted by Crippen LogP contribution is 2.25. The van der Waals surface area contributed by atoms with Crippen LogP contribution < -0.4 is 5.48 Å². The molecule has 2 heteroatoms. The first kappa shape index (κ1) is 8.02. The molecule has 2 nitrogen and oxygen atoms in total. The molecular formula is C8H17NO. The van der Waals surface area contributed by atoms with Gasteiger partial charge in [-0.15, -0.1) is 0 Å². The molecule has 0 unspecified atom stereocenters. The van der Waals surface area contributed by atoms with Gasteiger partial charge in [0, 0.05) is 6.54 Å². The van der Waals surface area contributed by atoms with Crippen molar-refractivity contribution < 1.29 is 5.21 Å². The van der Waals surface area contributed by atoms with E-state index in [0.717, 1.165) is 18.9 Å². The Morgan fingerprint density at radius 3 is 2.50 bits per heavy atom. The van der Waals surface area contributed by atoms with Crippen molar-refractivity contribution in [2.45, 2.75) is 38.5 Å². The lowest BCUT2D eigenvalue weighted by molar-refractivity contribution is 0.154. The maximum absolute atomic E-state index is 8.35. The quantitative estimate of drug-likeness (QED) is 0.592. The summed E-state index contributed by atoms with van der Waals surface area (Å²) in [5.74, 6) is 0.883. The van der Waals surface area contributed by atoms with E-state index in [9.17, 15) is 0 Å². The Kier molecular flexibility index (Phi) is 3.76. The number of hydrogen-bond donors (Lipinski definition) is 2. The molecule has 1 saturated carbocycles. The molecule has 1 fully saturated rings. The maximum atomic E-state index is 8.35. The van der Waals surface area contributed by atoms with Gasteiger partial charge < -0.3 is 5.21 Å². The van der Waals surface area contributed by atoms with Crippen LogP contribution in [0, 0.1) is 5.92 Å². The third-order valence-corrected chi connectivity index (χ3v) is 2.39. The van der Waals surface area contributed by atoms with E-state index in [4.69, 9.17) is 5.21 Å². The van der Waals surface area contributed by atoms with E-state index >= 15 is 0 Å². The summed E-state index contributed by atoms with van der Waals surface area (Å²) in [6.45, 7) is 0.769. The molecule has 1 aliphatic carbocycles. The summed E-state index contributed by atoms with van der Waals surface area (Å²) in [6.07, 6.45) is 8.12. The van der Waals surface area contributed by atoms with E-state index < -0.39 is 0 Å². The van der Waals surface area contributed by atoms with Crippen LogP contribution in [0.25, 0.3) is 0 Å². The molecule has 1 aliphatic rings. The van der Waals surface area contributed by atoms with E-state index in [1.807, 2.05) is 0 Å². The molecule has 1 rings (SSSR count). The van der Waals surface area contributed by atoms with Gasteiger partial charge in [0.2, 0.25) is 0 Å². The van der Waals surface area contributed by atoms with Crippen LogP contribution in [0.4, 0.5) is 0 Å². The van der Waals surface area contributed by atoms with Crippen LogP contribution >= 0.6 is 0 Å². The minimum absolute atomic E-state index is 0.769. The molecular weight excluding hydrogens is 126 g/mol. The van der Waals surface area contributed by atoms with Crippen LogP contribution in [-0.2, 0) is 0 Å². The summed E-state index contributed by atoms with van der Waals surface area (Å²) in [5, 5.41) is 8.35. The highest BCUT2D eigenvalue weighted by atomic mass is 16.5. The highest BCUT2D eigenvalue weighted by Gasteiger charge is 2.11. The monoisotopic (exact) mass is 143 g/mol. The van der Waals surface area contributed by atoms with Gasteiger partial charge in [0.15, 0.2) is 0 Å². The number of rotatable bonds is 3. The zero-order chi connectivity index (χ0) is 7.23.